The van der Waals surface area contributed by atoms with Crippen molar-refractivity contribution in [2.24, 2.45) is 11.5 Å². The third kappa shape index (κ3) is 7.55. The zero-order valence-corrected chi connectivity index (χ0v) is 14.7. The minimum Gasteiger partial charge on any atom is -0.368 e. The van der Waals surface area contributed by atoms with E-state index in [0.29, 0.717) is 12.8 Å². The van der Waals surface area contributed by atoms with Gasteiger partial charge in [0.1, 0.15) is 6.04 Å². The largest absolute Gasteiger partial charge is 0.368 e. The number of hydrogen-bond acceptors (Lipinski definition) is 4. The van der Waals surface area contributed by atoms with Crippen LogP contribution in [0, 0.1) is 6.92 Å². The SMILES string of the molecule is Cc1cccc(CC(NC(=O)C(N)CCCCNP)C(N)=O)c1. The monoisotopic (exact) mass is 338 g/mol. The maximum Gasteiger partial charge on any atom is 0.240 e. The first-order valence-electron chi connectivity index (χ1n) is 7.78. The number of aryl methyl sites for hydroxylation is 1. The molecule has 0 fully saturated rings. The average molecular weight is 338 g/mol. The van der Waals surface area contributed by atoms with Crippen LogP contribution in [0.25, 0.3) is 0 Å². The molecule has 0 aromatic heterocycles. The number of carbonyl (C=O) groups is 2. The Balaban J connectivity index is 2.54. The molecule has 7 heteroatoms. The normalized spacial score (nSPS) is 13.3. The molecule has 0 spiro atoms. The fourth-order valence-electron chi connectivity index (χ4n) is 2.30. The van der Waals surface area contributed by atoms with Crippen molar-refractivity contribution >= 4 is 21.2 Å². The fourth-order valence-corrected chi connectivity index (χ4v) is 2.50. The number of nitrogens with two attached hydrogens (primary N) is 2. The second-order valence-electron chi connectivity index (χ2n) is 5.71. The van der Waals surface area contributed by atoms with E-state index in [1.807, 2.05) is 31.2 Å². The van der Waals surface area contributed by atoms with Crippen molar-refractivity contribution in [3.8, 4) is 0 Å². The number of benzene rings is 1. The predicted octanol–water partition coefficient (Wildman–Crippen LogP) is 0.385. The standard InChI is InChI=1S/C16H27N4O2P/c1-11-5-4-6-12(9-11)10-14(15(18)21)20-16(22)13(17)7-2-3-8-19-23/h4-6,9,13-14,19H,2-3,7-8,10,17,23H2,1H3,(H2,18,21)(H,20,22). The Kier molecular flexibility index (Phi) is 8.77. The Labute approximate surface area is 140 Å². The summed E-state index contributed by atoms with van der Waals surface area (Å²) >= 11 is 0. The number of amides is 2. The van der Waals surface area contributed by atoms with Crippen molar-refractivity contribution in [3.05, 3.63) is 35.4 Å². The van der Waals surface area contributed by atoms with E-state index in [1.165, 1.54) is 0 Å². The molecule has 0 aliphatic heterocycles. The van der Waals surface area contributed by atoms with Crippen LogP contribution >= 0.6 is 9.39 Å². The minimum absolute atomic E-state index is 0.333. The first kappa shape index (κ1) is 19.6. The highest BCUT2D eigenvalue weighted by molar-refractivity contribution is 7.13. The lowest BCUT2D eigenvalue weighted by molar-refractivity contribution is -0.128. The maximum atomic E-state index is 12.1. The van der Waals surface area contributed by atoms with E-state index < -0.39 is 18.0 Å². The Bertz CT molecular complexity index is 525. The number of nitrogens with one attached hydrogen (secondary N) is 2. The van der Waals surface area contributed by atoms with E-state index in [4.69, 9.17) is 11.5 Å². The van der Waals surface area contributed by atoms with Crippen LogP contribution in [-0.2, 0) is 16.0 Å². The van der Waals surface area contributed by atoms with Crippen LogP contribution in [0.1, 0.15) is 30.4 Å². The molecule has 1 aromatic carbocycles. The van der Waals surface area contributed by atoms with Gasteiger partial charge in [0.15, 0.2) is 0 Å². The molecule has 6 nitrogen and oxygen atoms in total. The molecule has 1 rings (SSSR count). The van der Waals surface area contributed by atoms with E-state index >= 15 is 0 Å². The smallest absolute Gasteiger partial charge is 0.240 e. The van der Waals surface area contributed by atoms with Crippen LogP contribution in [0.3, 0.4) is 0 Å². The summed E-state index contributed by atoms with van der Waals surface area (Å²) in [4.78, 5) is 23.7. The molecular weight excluding hydrogens is 311 g/mol. The Morgan fingerprint density at radius 3 is 2.65 bits per heavy atom. The lowest BCUT2D eigenvalue weighted by Crippen LogP contribution is -2.51. The number of primary amides is 1. The van der Waals surface area contributed by atoms with E-state index in [9.17, 15) is 9.59 Å². The Morgan fingerprint density at radius 2 is 2.04 bits per heavy atom. The van der Waals surface area contributed by atoms with Gasteiger partial charge in [0.2, 0.25) is 11.8 Å². The molecule has 0 saturated carbocycles. The van der Waals surface area contributed by atoms with Gasteiger partial charge in [0, 0.05) is 6.42 Å². The van der Waals surface area contributed by atoms with Crippen LogP contribution < -0.4 is 21.9 Å². The molecule has 0 radical (unpaired) electrons. The summed E-state index contributed by atoms with van der Waals surface area (Å²) in [6.07, 6.45) is 2.72. The quantitative estimate of drug-likeness (QED) is 0.365. The zero-order valence-electron chi connectivity index (χ0n) is 13.5. The van der Waals surface area contributed by atoms with Crippen molar-refractivity contribution in [2.45, 2.75) is 44.7 Å². The summed E-state index contributed by atoms with van der Waals surface area (Å²) in [5.41, 5.74) is 13.3. The van der Waals surface area contributed by atoms with E-state index in [1.54, 1.807) is 0 Å². The van der Waals surface area contributed by atoms with Gasteiger partial charge in [-0.25, -0.2) is 0 Å². The molecule has 0 saturated heterocycles. The topological polar surface area (TPSA) is 110 Å². The molecule has 6 N–H and O–H groups in total. The van der Waals surface area contributed by atoms with E-state index in [2.05, 4.69) is 19.8 Å². The highest BCUT2D eigenvalue weighted by Gasteiger charge is 2.22. The number of hydrogen-bond donors (Lipinski definition) is 4. The maximum absolute atomic E-state index is 12.1. The van der Waals surface area contributed by atoms with Crippen molar-refractivity contribution in [2.75, 3.05) is 6.54 Å². The van der Waals surface area contributed by atoms with Gasteiger partial charge in [-0.05, 0) is 31.9 Å². The molecular formula is C16H27N4O2P. The molecule has 3 atom stereocenters. The third-order valence-corrected chi connectivity index (χ3v) is 3.89. The first-order valence-corrected chi connectivity index (χ1v) is 8.36. The minimum atomic E-state index is -0.746. The fraction of sp³-hybridized carbons (Fsp3) is 0.500. The molecule has 0 aliphatic rings. The number of unbranched alkanes of at least 4 members (excludes halogenated alkanes) is 1. The van der Waals surface area contributed by atoms with Crippen LogP contribution in [0.2, 0.25) is 0 Å². The van der Waals surface area contributed by atoms with Crippen molar-refractivity contribution in [1.82, 2.24) is 10.4 Å². The lowest BCUT2D eigenvalue weighted by atomic mass is 10.0. The summed E-state index contributed by atoms with van der Waals surface area (Å²) in [5, 5.41) is 5.63. The van der Waals surface area contributed by atoms with Gasteiger partial charge in [-0.1, -0.05) is 45.6 Å². The van der Waals surface area contributed by atoms with Crippen molar-refractivity contribution in [1.29, 1.82) is 0 Å². The third-order valence-electron chi connectivity index (χ3n) is 3.61. The van der Waals surface area contributed by atoms with Gasteiger partial charge in [-0.3, -0.25) is 9.59 Å². The van der Waals surface area contributed by atoms with E-state index in [-0.39, 0.29) is 5.91 Å². The zero-order chi connectivity index (χ0) is 17.2. The predicted molar refractivity (Wildman–Crippen MR) is 95.5 cm³/mol. The van der Waals surface area contributed by atoms with Crippen LogP contribution in [-0.4, -0.2) is 30.4 Å². The number of rotatable bonds is 10. The highest BCUT2D eigenvalue weighted by atomic mass is 31.0. The summed E-state index contributed by atoms with van der Waals surface area (Å²) in [7, 11) is 2.43. The van der Waals surface area contributed by atoms with Gasteiger partial charge < -0.3 is 21.9 Å². The summed E-state index contributed by atoms with van der Waals surface area (Å²) in [5.74, 6) is -0.889. The summed E-state index contributed by atoms with van der Waals surface area (Å²) in [6.45, 7) is 2.83. The highest BCUT2D eigenvalue weighted by Crippen LogP contribution is 2.07. The summed E-state index contributed by atoms with van der Waals surface area (Å²) < 4.78 is 0. The van der Waals surface area contributed by atoms with Gasteiger partial charge in [-0.15, -0.1) is 0 Å². The summed E-state index contributed by atoms with van der Waals surface area (Å²) in [6, 6.07) is 6.39. The molecule has 2 amide bonds. The molecule has 128 valence electrons. The van der Waals surface area contributed by atoms with Gasteiger partial charge >= 0.3 is 0 Å². The van der Waals surface area contributed by atoms with Crippen LogP contribution in [0.4, 0.5) is 0 Å². The van der Waals surface area contributed by atoms with Gasteiger partial charge in [0.05, 0.1) is 6.04 Å². The molecule has 0 aliphatic carbocycles. The van der Waals surface area contributed by atoms with Crippen molar-refractivity contribution in [3.63, 3.8) is 0 Å². The van der Waals surface area contributed by atoms with E-state index in [0.717, 1.165) is 30.5 Å². The lowest BCUT2D eigenvalue weighted by Gasteiger charge is -2.19. The number of carbonyl (C=O) groups excluding carboxylic acids is 2. The average Bonchev–Trinajstić information content (AvgIpc) is 2.50. The molecule has 0 heterocycles. The van der Waals surface area contributed by atoms with Gasteiger partial charge in [0.25, 0.3) is 0 Å². The van der Waals surface area contributed by atoms with Crippen molar-refractivity contribution < 1.29 is 9.59 Å². The Hall–Kier alpha value is -1.49. The molecule has 23 heavy (non-hydrogen) atoms. The second-order valence-corrected chi connectivity index (χ2v) is 6.12. The van der Waals surface area contributed by atoms with Gasteiger partial charge in [-0.2, -0.15) is 0 Å². The Morgan fingerprint density at radius 1 is 1.30 bits per heavy atom. The first-order chi connectivity index (χ1) is 10.9. The molecule has 3 unspecified atom stereocenters. The second kappa shape index (κ2) is 10.3. The molecule has 0 bridgehead atoms. The molecule has 1 aromatic rings. The van der Waals surface area contributed by atoms with Crippen LogP contribution in [0.5, 0.6) is 0 Å². The van der Waals surface area contributed by atoms with Crippen LogP contribution in [0.15, 0.2) is 24.3 Å².